The molecule has 17 heavy (non-hydrogen) atoms. The molecule has 2 heterocycles. The fourth-order valence-corrected chi connectivity index (χ4v) is 2.10. The van der Waals surface area contributed by atoms with E-state index in [1.165, 1.54) is 6.20 Å². The molecule has 0 bridgehead atoms. The summed E-state index contributed by atoms with van der Waals surface area (Å²) in [6.07, 6.45) is 3.16. The number of ketones is 1. The van der Waals surface area contributed by atoms with Crippen molar-refractivity contribution < 1.29 is 4.79 Å². The first kappa shape index (κ1) is 10.0. The number of hydrogen-bond acceptors (Lipinski definition) is 5. The lowest BCUT2D eigenvalue weighted by Gasteiger charge is -2.02. The second kappa shape index (κ2) is 4.03. The van der Waals surface area contributed by atoms with Crippen LogP contribution in [0.2, 0.25) is 0 Å². The number of nitrogens with zero attached hydrogens (tertiary/aromatic N) is 3. The van der Waals surface area contributed by atoms with Gasteiger partial charge in [-0.25, -0.2) is 0 Å². The number of pyridine rings is 1. The second-order valence-electron chi connectivity index (χ2n) is 3.50. The summed E-state index contributed by atoms with van der Waals surface area (Å²) in [6.45, 7) is 0. The molecule has 0 fully saturated rings. The van der Waals surface area contributed by atoms with Gasteiger partial charge in [-0.15, -0.1) is 0 Å². The fourth-order valence-electron chi connectivity index (χ4n) is 1.69. The van der Waals surface area contributed by atoms with Crippen LogP contribution in [-0.2, 0) is 0 Å². The Balaban J connectivity index is 2.21. The lowest BCUT2D eigenvalue weighted by Crippen LogP contribution is -2.03. The molecule has 0 aliphatic carbocycles. The first-order chi connectivity index (χ1) is 8.36. The van der Waals surface area contributed by atoms with Gasteiger partial charge in [0.1, 0.15) is 5.69 Å². The van der Waals surface area contributed by atoms with E-state index >= 15 is 0 Å². The van der Waals surface area contributed by atoms with Crippen LogP contribution < -0.4 is 0 Å². The zero-order chi connectivity index (χ0) is 11.7. The summed E-state index contributed by atoms with van der Waals surface area (Å²) < 4.78 is 7.79. The highest BCUT2D eigenvalue weighted by Gasteiger charge is 2.15. The molecule has 3 aromatic rings. The third-order valence-electron chi connectivity index (χ3n) is 2.47. The summed E-state index contributed by atoms with van der Waals surface area (Å²) in [5, 5.41) is 0.946. The average Bonchev–Trinajstić information content (AvgIpc) is 2.91. The zero-order valence-electron chi connectivity index (χ0n) is 8.70. The SMILES string of the molecule is O=C(c1cnsn1)c1cccc2cccnc12. The van der Waals surface area contributed by atoms with Crippen LogP contribution in [0.1, 0.15) is 16.1 Å². The second-order valence-corrected chi connectivity index (χ2v) is 4.06. The van der Waals surface area contributed by atoms with E-state index < -0.39 is 0 Å². The van der Waals surface area contributed by atoms with E-state index in [1.807, 2.05) is 24.3 Å². The summed E-state index contributed by atoms with van der Waals surface area (Å²) in [6, 6.07) is 9.31. The van der Waals surface area contributed by atoms with Crippen molar-refractivity contribution in [3.8, 4) is 0 Å². The highest BCUT2D eigenvalue weighted by atomic mass is 32.1. The van der Waals surface area contributed by atoms with E-state index in [4.69, 9.17) is 0 Å². The van der Waals surface area contributed by atoms with Gasteiger partial charge in [0, 0.05) is 11.6 Å². The first-order valence-corrected chi connectivity index (χ1v) is 5.75. The lowest BCUT2D eigenvalue weighted by molar-refractivity contribution is 0.103. The molecule has 0 radical (unpaired) electrons. The average molecular weight is 241 g/mol. The Bertz CT molecular complexity index is 674. The monoisotopic (exact) mass is 241 g/mol. The number of hydrogen-bond donors (Lipinski definition) is 0. The highest BCUT2D eigenvalue weighted by molar-refractivity contribution is 6.99. The molecular formula is C12H7N3OS. The van der Waals surface area contributed by atoms with Gasteiger partial charge < -0.3 is 0 Å². The Morgan fingerprint density at radius 1 is 1.18 bits per heavy atom. The van der Waals surface area contributed by atoms with Crippen LogP contribution in [-0.4, -0.2) is 19.5 Å². The predicted octanol–water partition coefficient (Wildman–Crippen LogP) is 2.32. The molecule has 3 rings (SSSR count). The Hall–Kier alpha value is -2.14. The van der Waals surface area contributed by atoms with Crippen molar-refractivity contribution in [1.82, 2.24) is 13.7 Å². The number of aromatic nitrogens is 3. The molecule has 82 valence electrons. The Kier molecular flexibility index (Phi) is 2.38. The fraction of sp³-hybridized carbons (Fsp3) is 0. The van der Waals surface area contributed by atoms with Gasteiger partial charge in [0.2, 0.25) is 5.78 Å². The standard InChI is InChI=1S/C12H7N3OS/c16-12(10-7-14-17-15-10)9-5-1-3-8-4-2-6-13-11(8)9/h1-7H. The third-order valence-corrected chi connectivity index (χ3v) is 2.95. The van der Waals surface area contributed by atoms with Crippen molar-refractivity contribution in [3.63, 3.8) is 0 Å². The summed E-state index contributed by atoms with van der Waals surface area (Å²) in [4.78, 5) is 16.4. The Morgan fingerprint density at radius 2 is 2.06 bits per heavy atom. The smallest absolute Gasteiger partial charge is 0.216 e. The van der Waals surface area contributed by atoms with Crippen LogP contribution in [0.25, 0.3) is 10.9 Å². The minimum atomic E-state index is -0.136. The third kappa shape index (κ3) is 1.70. The van der Waals surface area contributed by atoms with E-state index in [0.717, 1.165) is 17.1 Å². The van der Waals surface area contributed by atoms with Crippen LogP contribution in [0.15, 0.2) is 42.7 Å². The van der Waals surface area contributed by atoms with E-state index in [-0.39, 0.29) is 5.78 Å². The van der Waals surface area contributed by atoms with Crippen molar-refractivity contribution in [3.05, 3.63) is 54.0 Å². The van der Waals surface area contributed by atoms with Gasteiger partial charge >= 0.3 is 0 Å². The van der Waals surface area contributed by atoms with Gasteiger partial charge in [-0.3, -0.25) is 9.78 Å². The lowest BCUT2D eigenvalue weighted by atomic mass is 10.0. The molecular weight excluding hydrogens is 234 g/mol. The van der Waals surface area contributed by atoms with Crippen LogP contribution in [0.4, 0.5) is 0 Å². The number of benzene rings is 1. The molecule has 0 spiro atoms. The maximum Gasteiger partial charge on any atom is 0.216 e. The molecule has 0 N–H and O–H groups in total. The van der Waals surface area contributed by atoms with Crippen LogP contribution in [0.5, 0.6) is 0 Å². The molecule has 0 saturated carbocycles. The number of rotatable bonds is 2. The summed E-state index contributed by atoms with van der Waals surface area (Å²) in [5.41, 5.74) is 1.64. The number of carbonyl (C=O) groups is 1. The van der Waals surface area contributed by atoms with Gasteiger partial charge in [-0.2, -0.15) is 8.75 Å². The van der Waals surface area contributed by atoms with E-state index in [1.54, 1.807) is 12.3 Å². The van der Waals surface area contributed by atoms with Gasteiger partial charge in [0.15, 0.2) is 0 Å². The molecule has 0 saturated heterocycles. The van der Waals surface area contributed by atoms with Crippen molar-refractivity contribution >= 4 is 28.4 Å². The number of carbonyl (C=O) groups excluding carboxylic acids is 1. The topological polar surface area (TPSA) is 55.7 Å². The molecule has 0 aliphatic heterocycles. The van der Waals surface area contributed by atoms with Crippen LogP contribution >= 0.6 is 11.7 Å². The first-order valence-electron chi connectivity index (χ1n) is 5.02. The predicted molar refractivity (Wildman–Crippen MR) is 65.1 cm³/mol. The van der Waals surface area contributed by atoms with Crippen molar-refractivity contribution in [2.75, 3.05) is 0 Å². The molecule has 4 nitrogen and oxygen atoms in total. The largest absolute Gasteiger partial charge is 0.287 e. The van der Waals surface area contributed by atoms with Crippen molar-refractivity contribution in [2.24, 2.45) is 0 Å². The van der Waals surface area contributed by atoms with Gasteiger partial charge in [0.25, 0.3) is 0 Å². The summed E-state index contributed by atoms with van der Waals surface area (Å²) >= 11 is 1.03. The highest BCUT2D eigenvalue weighted by Crippen LogP contribution is 2.18. The molecule has 0 aliphatic rings. The zero-order valence-corrected chi connectivity index (χ0v) is 9.52. The van der Waals surface area contributed by atoms with Crippen molar-refractivity contribution in [1.29, 1.82) is 0 Å². The van der Waals surface area contributed by atoms with Crippen LogP contribution in [0, 0.1) is 0 Å². The van der Waals surface area contributed by atoms with Gasteiger partial charge in [-0.1, -0.05) is 18.2 Å². The maximum absolute atomic E-state index is 12.2. The Labute approximate surface area is 101 Å². The summed E-state index contributed by atoms with van der Waals surface area (Å²) in [7, 11) is 0. The molecule has 0 unspecified atom stereocenters. The molecule has 0 atom stereocenters. The molecule has 1 aromatic carbocycles. The van der Waals surface area contributed by atoms with Crippen LogP contribution in [0.3, 0.4) is 0 Å². The summed E-state index contributed by atoms with van der Waals surface area (Å²) in [5.74, 6) is -0.136. The van der Waals surface area contributed by atoms with E-state index in [9.17, 15) is 4.79 Å². The van der Waals surface area contributed by atoms with Crippen molar-refractivity contribution in [2.45, 2.75) is 0 Å². The Morgan fingerprint density at radius 3 is 2.88 bits per heavy atom. The number of para-hydroxylation sites is 1. The molecule has 5 heteroatoms. The minimum Gasteiger partial charge on any atom is -0.287 e. The molecule has 0 amide bonds. The quantitative estimate of drug-likeness (QED) is 0.646. The van der Waals surface area contributed by atoms with Gasteiger partial charge in [-0.05, 0) is 12.1 Å². The van der Waals surface area contributed by atoms with E-state index in [2.05, 4.69) is 13.7 Å². The van der Waals surface area contributed by atoms with Gasteiger partial charge in [0.05, 0.1) is 29.0 Å². The number of fused-ring (bicyclic) bond motifs is 1. The minimum absolute atomic E-state index is 0.136. The maximum atomic E-state index is 12.2. The molecule has 2 aromatic heterocycles. The van der Waals surface area contributed by atoms with E-state index in [0.29, 0.717) is 16.8 Å². The normalized spacial score (nSPS) is 10.6.